The zero-order valence-electron chi connectivity index (χ0n) is 14.1. The molecule has 1 aliphatic heterocycles. The molecule has 1 saturated heterocycles. The lowest BCUT2D eigenvalue weighted by molar-refractivity contribution is -0.121. The van der Waals surface area contributed by atoms with E-state index < -0.39 is 0 Å². The first-order chi connectivity index (χ1) is 11.5. The van der Waals surface area contributed by atoms with Gasteiger partial charge in [-0.15, -0.1) is 0 Å². The molecule has 5 nitrogen and oxygen atoms in total. The van der Waals surface area contributed by atoms with Crippen molar-refractivity contribution in [2.24, 2.45) is 0 Å². The molecule has 2 heterocycles. The van der Waals surface area contributed by atoms with Crippen LogP contribution in [0.1, 0.15) is 6.92 Å². The molecule has 1 amide bonds. The third-order valence-corrected chi connectivity index (χ3v) is 4.80. The van der Waals surface area contributed by atoms with Crippen LogP contribution in [0.3, 0.4) is 0 Å². The van der Waals surface area contributed by atoms with E-state index in [4.69, 9.17) is 11.6 Å². The summed E-state index contributed by atoms with van der Waals surface area (Å²) in [7, 11) is 2.11. The van der Waals surface area contributed by atoms with Crippen LogP contribution in [0.25, 0.3) is 5.69 Å². The van der Waals surface area contributed by atoms with Crippen molar-refractivity contribution in [3.63, 3.8) is 0 Å². The summed E-state index contributed by atoms with van der Waals surface area (Å²) in [4.78, 5) is 17.2. The molecule has 1 aliphatic rings. The van der Waals surface area contributed by atoms with Crippen LogP contribution in [0.15, 0.2) is 42.7 Å². The van der Waals surface area contributed by atoms with Crippen molar-refractivity contribution >= 4 is 23.2 Å². The summed E-state index contributed by atoms with van der Waals surface area (Å²) in [5.41, 5.74) is 1.63. The van der Waals surface area contributed by atoms with E-state index in [9.17, 15) is 4.79 Å². The minimum Gasteiger partial charge on any atom is -0.323 e. The molecule has 0 aliphatic carbocycles. The minimum atomic E-state index is -0.160. The van der Waals surface area contributed by atoms with Crippen molar-refractivity contribution in [3.05, 3.63) is 47.7 Å². The smallest absolute Gasteiger partial charge is 0.241 e. The van der Waals surface area contributed by atoms with E-state index in [0.29, 0.717) is 5.02 Å². The fraction of sp³-hybridized carbons (Fsp3) is 0.389. The molecule has 6 heteroatoms. The van der Waals surface area contributed by atoms with Gasteiger partial charge in [0.15, 0.2) is 0 Å². The average Bonchev–Trinajstić information content (AvgIpc) is 3.11. The van der Waals surface area contributed by atoms with Crippen LogP contribution >= 0.6 is 11.6 Å². The Bertz CT molecular complexity index is 693. The first-order valence-corrected chi connectivity index (χ1v) is 8.59. The summed E-state index contributed by atoms with van der Waals surface area (Å²) in [6, 6.07) is 9.24. The molecule has 3 rings (SSSR count). The Morgan fingerprint density at radius 2 is 1.83 bits per heavy atom. The molecule has 0 saturated carbocycles. The molecule has 1 aromatic carbocycles. The number of carbonyl (C=O) groups is 1. The monoisotopic (exact) mass is 346 g/mol. The minimum absolute atomic E-state index is 0.00952. The number of halogens is 1. The predicted molar refractivity (Wildman–Crippen MR) is 97.9 cm³/mol. The summed E-state index contributed by atoms with van der Waals surface area (Å²) in [5.74, 6) is 0.00952. The molecule has 1 aromatic heterocycles. The van der Waals surface area contributed by atoms with Gasteiger partial charge in [-0.2, -0.15) is 0 Å². The predicted octanol–water partition coefficient (Wildman–Crippen LogP) is 2.71. The second-order valence-corrected chi connectivity index (χ2v) is 6.69. The maximum absolute atomic E-state index is 12.7. The number of likely N-dealkylation sites (N-methyl/N-ethyl adjacent to an activating group) is 1. The standard InChI is InChI=1S/C18H23ClN4O/c1-14(22-11-9-21(2)10-12-22)18(24)20-16-6-5-15(19)13-17(16)23-7-3-4-8-23/h3-8,13-14H,9-12H2,1-2H3,(H,20,24)/t14-/m1/s1. The van der Waals surface area contributed by atoms with E-state index >= 15 is 0 Å². The molecule has 1 fully saturated rings. The van der Waals surface area contributed by atoms with Gasteiger partial charge in [0.1, 0.15) is 0 Å². The molecule has 0 spiro atoms. The molecular weight excluding hydrogens is 324 g/mol. The first kappa shape index (κ1) is 17.0. The fourth-order valence-electron chi connectivity index (χ4n) is 2.93. The van der Waals surface area contributed by atoms with E-state index in [1.54, 1.807) is 6.07 Å². The highest BCUT2D eigenvalue weighted by Crippen LogP contribution is 2.25. The largest absolute Gasteiger partial charge is 0.323 e. The highest BCUT2D eigenvalue weighted by molar-refractivity contribution is 6.31. The van der Waals surface area contributed by atoms with Crippen LogP contribution in [0.4, 0.5) is 5.69 Å². The summed E-state index contributed by atoms with van der Waals surface area (Å²) in [6.45, 7) is 5.78. The summed E-state index contributed by atoms with van der Waals surface area (Å²) in [5, 5.41) is 3.70. The lowest BCUT2D eigenvalue weighted by Gasteiger charge is -2.35. The number of nitrogens with one attached hydrogen (secondary N) is 1. The Morgan fingerprint density at radius 3 is 2.50 bits per heavy atom. The maximum atomic E-state index is 12.7. The van der Waals surface area contributed by atoms with Gasteiger partial charge in [-0.05, 0) is 44.3 Å². The second kappa shape index (κ2) is 7.38. The number of carbonyl (C=O) groups excluding carboxylic acids is 1. The lowest BCUT2D eigenvalue weighted by atomic mass is 10.2. The van der Waals surface area contributed by atoms with Crippen LogP contribution in [-0.2, 0) is 4.79 Å². The Morgan fingerprint density at radius 1 is 1.17 bits per heavy atom. The van der Waals surface area contributed by atoms with Crippen LogP contribution in [0.2, 0.25) is 5.02 Å². The average molecular weight is 347 g/mol. The summed E-state index contributed by atoms with van der Waals surface area (Å²) < 4.78 is 1.95. The van der Waals surface area contributed by atoms with Crippen LogP contribution < -0.4 is 5.32 Å². The van der Waals surface area contributed by atoms with Gasteiger partial charge in [-0.1, -0.05) is 11.6 Å². The maximum Gasteiger partial charge on any atom is 0.241 e. The molecule has 0 radical (unpaired) electrons. The topological polar surface area (TPSA) is 40.5 Å². The van der Waals surface area contributed by atoms with E-state index in [-0.39, 0.29) is 11.9 Å². The normalized spacial score (nSPS) is 17.6. The third kappa shape index (κ3) is 3.80. The molecule has 128 valence electrons. The molecule has 24 heavy (non-hydrogen) atoms. The highest BCUT2D eigenvalue weighted by atomic mass is 35.5. The number of piperazine rings is 1. The molecule has 1 atom stereocenters. The Labute approximate surface area is 147 Å². The number of hydrogen-bond acceptors (Lipinski definition) is 3. The van der Waals surface area contributed by atoms with Gasteiger partial charge in [-0.3, -0.25) is 9.69 Å². The van der Waals surface area contributed by atoms with Crippen molar-refractivity contribution < 1.29 is 4.79 Å². The zero-order chi connectivity index (χ0) is 17.1. The SMILES string of the molecule is C[C@H](C(=O)Nc1ccc(Cl)cc1-n1cccc1)N1CCN(C)CC1. The number of hydrogen-bond donors (Lipinski definition) is 1. The first-order valence-electron chi connectivity index (χ1n) is 8.21. The molecular formula is C18H23ClN4O. The zero-order valence-corrected chi connectivity index (χ0v) is 14.8. The van der Waals surface area contributed by atoms with Crippen molar-refractivity contribution in [2.75, 3.05) is 38.5 Å². The number of aromatic nitrogens is 1. The highest BCUT2D eigenvalue weighted by Gasteiger charge is 2.25. The van der Waals surface area contributed by atoms with Gasteiger partial charge in [0.25, 0.3) is 0 Å². The van der Waals surface area contributed by atoms with Crippen molar-refractivity contribution in [1.82, 2.24) is 14.4 Å². The lowest BCUT2D eigenvalue weighted by Crippen LogP contribution is -2.51. The Hall–Kier alpha value is -1.82. The molecule has 1 N–H and O–H groups in total. The van der Waals surface area contributed by atoms with Gasteiger partial charge in [-0.25, -0.2) is 0 Å². The van der Waals surface area contributed by atoms with Crippen LogP contribution in [0.5, 0.6) is 0 Å². The number of benzene rings is 1. The van der Waals surface area contributed by atoms with Gasteiger partial charge >= 0.3 is 0 Å². The van der Waals surface area contributed by atoms with E-state index in [2.05, 4.69) is 22.2 Å². The van der Waals surface area contributed by atoms with Gasteiger partial charge in [0.2, 0.25) is 5.91 Å². The van der Waals surface area contributed by atoms with Gasteiger partial charge in [0, 0.05) is 43.6 Å². The number of amides is 1. The summed E-state index contributed by atoms with van der Waals surface area (Å²) in [6.07, 6.45) is 3.87. The molecule has 0 bridgehead atoms. The number of anilines is 1. The Balaban J connectivity index is 1.75. The Kier molecular flexibility index (Phi) is 5.23. The second-order valence-electron chi connectivity index (χ2n) is 6.26. The van der Waals surface area contributed by atoms with Crippen molar-refractivity contribution in [2.45, 2.75) is 13.0 Å². The quantitative estimate of drug-likeness (QED) is 0.925. The molecule has 2 aromatic rings. The summed E-state index contributed by atoms with van der Waals surface area (Å²) >= 11 is 6.13. The van der Waals surface area contributed by atoms with E-state index in [1.807, 2.05) is 48.1 Å². The molecule has 0 unspecified atom stereocenters. The van der Waals surface area contributed by atoms with Crippen molar-refractivity contribution in [3.8, 4) is 5.69 Å². The van der Waals surface area contributed by atoms with Gasteiger partial charge in [0.05, 0.1) is 17.4 Å². The van der Waals surface area contributed by atoms with Crippen LogP contribution in [0, 0.1) is 0 Å². The third-order valence-electron chi connectivity index (χ3n) is 4.57. The van der Waals surface area contributed by atoms with Gasteiger partial charge < -0.3 is 14.8 Å². The van der Waals surface area contributed by atoms with E-state index in [1.165, 1.54) is 0 Å². The fourth-order valence-corrected chi connectivity index (χ4v) is 3.10. The number of rotatable bonds is 4. The van der Waals surface area contributed by atoms with Crippen LogP contribution in [-0.4, -0.2) is 59.5 Å². The van der Waals surface area contributed by atoms with E-state index in [0.717, 1.165) is 37.6 Å². The van der Waals surface area contributed by atoms with Crippen molar-refractivity contribution in [1.29, 1.82) is 0 Å². The number of nitrogens with zero attached hydrogens (tertiary/aromatic N) is 3.